The van der Waals surface area contributed by atoms with Crippen LogP contribution in [0.1, 0.15) is 17.5 Å². The van der Waals surface area contributed by atoms with Gasteiger partial charge >= 0.3 is 11.8 Å². The lowest BCUT2D eigenvalue weighted by molar-refractivity contribution is -0.136. The quantitative estimate of drug-likeness (QED) is 0.710. The van der Waals surface area contributed by atoms with Gasteiger partial charge in [0.25, 0.3) is 0 Å². The SMILES string of the molecule is Cc1ccc(N2CCCS2(=O)=O)cc1NC(=O)C(=O)NCc1ccc2c(c1)OCO2. The van der Waals surface area contributed by atoms with Crippen LogP contribution in [0.5, 0.6) is 11.5 Å². The first kappa shape index (κ1) is 20.0. The van der Waals surface area contributed by atoms with Crippen LogP contribution in [0.25, 0.3) is 0 Å². The number of benzene rings is 2. The number of nitrogens with one attached hydrogen (secondary N) is 2. The van der Waals surface area contributed by atoms with Crippen molar-refractivity contribution in [1.82, 2.24) is 5.32 Å². The highest BCUT2D eigenvalue weighted by molar-refractivity contribution is 7.93. The van der Waals surface area contributed by atoms with Gasteiger partial charge in [0.1, 0.15) is 0 Å². The lowest BCUT2D eigenvalue weighted by Gasteiger charge is -2.19. The van der Waals surface area contributed by atoms with Crippen molar-refractivity contribution in [2.45, 2.75) is 19.9 Å². The molecule has 4 rings (SSSR count). The molecule has 2 N–H and O–H groups in total. The Bertz CT molecular complexity index is 1120. The average molecular weight is 431 g/mol. The van der Waals surface area contributed by atoms with Gasteiger partial charge in [0.2, 0.25) is 16.8 Å². The molecule has 9 nitrogen and oxygen atoms in total. The molecular formula is C20H21N3O6S. The van der Waals surface area contributed by atoms with Gasteiger partial charge in [-0.1, -0.05) is 12.1 Å². The van der Waals surface area contributed by atoms with E-state index in [0.717, 1.165) is 5.56 Å². The van der Waals surface area contributed by atoms with E-state index in [9.17, 15) is 18.0 Å². The van der Waals surface area contributed by atoms with Crippen LogP contribution in [0.3, 0.4) is 0 Å². The summed E-state index contributed by atoms with van der Waals surface area (Å²) in [4.78, 5) is 24.6. The number of ether oxygens (including phenoxy) is 2. The minimum atomic E-state index is -3.34. The van der Waals surface area contributed by atoms with Crippen LogP contribution < -0.4 is 24.4 Å². The third kappa shape index (κ3) is 4.04. The zero-order valence-corrected chi connectivity index (χ0v) is 17.1. The van der Waals surface area contributed by atoms with Gasteiger partial charge in [-0.15, -0.1) is 0 Å². The van der Waals surface area contributed by atoms with Gasteiger partial charge in [-0.2, -0.15) is 0 Å². The molecule has 0 bridgehead atoms. The fourth-order valence-corrected chi connectivity index (χ4v) is 4.88. The maximum Gasteiger partial charge on any atom is 0.313 e. The van der Waals surface area contributed by atoms with E-state index in [0.29, 0.717) is 41.4 Å². The molecule has 2 amide bonds. The minimum Gasteiger partial charge on any atom is -0.454 e. The summed E-state index contributed by atoms with van der Waals surface area (Å²) in [5.74, 6) is -0.301. The number of hydrogen-bond acceptors (Lipinski definition) is 6. The monoisotopic (exact) mass is 431 g/mol. The van der Waals surface area contributed by atoms with Crippen LogP contribution in [0.15, 0.2) is 36.4 Å². The third-order valence-electron chi connectivity index (χ3n) is 4.95. The van der Waals surface area contributed by atoms with Crippen LogP contribution in [-0.4, -0.2) is 39.3 Å². The van der Waals surface area contributed by atoms with Gasteiger partial charge in [0, 0.05) is 18.8 Å². The van der Waals surface area contributed by atoms with Gasteiger partial charge in [0.15, 0.2) is 11.5 Å². The van der Waals surface area contributed by atoms with E-state index in [2.05, 4.69) is 10.6 Å². The van der Waals surface area contributed by atoms with Crippen molar-refractivity contribution in [2.75, 3.05) is 28.7 Å². The first-order valence-corrected chi connectivity index (χ1v) is 11.0. The van der Waals surface area contributed by atoms with E-state index < -0.39 is 21.8 Å². The van der Waals surface area contributed by atoms with Crippen molar-refractivity contribution in [3.63, 3.8) is 0 Å². The lowest BCUT2D eigenvalue weighted by Crippen LogP contribution is -2.35. The number of fused-ring (bicyclic) bond motifs is 1. The second-order valence-electron chi connectivity index (χ2n) is 7.07. The fourth-order valence-electron chi connectivity index (χ4n) is 3.32. The van der Waals surface area contributed by atoms with Gasteiger partial charge in [-0.05, 0) is 48.7 Å². The van der Waals surface area contributed by atoms with Crippen LogP contribution in [0, 0.1) is 6.92 Å². The van der Waals surface area contributed by atoms with E-state index in [4.69, 9.17) is 9.47 Å². The molecule has 2 aliphatic heterocycles. The summed E-state index contributed by atoms with van der Waals surface area (Å²) in [6, 6.07) is 10.2. The zero-order chi connectivity index (χ0) is 21.3. The van der Waals surface area contributed by atoms with E-state index >= 15 is 0 Å². The van der Waals surface area contributed by atoms with E-state index in [1.807, 2.05) is 0 Å². The molecule has 0 unspecified atom stereocenters. The van der Waals surface area contributed by atoms with Crippen molar-refractivity contribution in [2.24, 2.45) is 0 Å². The van der Waals surface area contributed by atoms with Crippen molar-refractivity contribution >= 4 is 33.2 Å². The summed E-state index contributed by atoms with van der Waals surface area (Å²) < 4.78 is 36.1. The molecule has 10 heteroatoms. The lowest BCUT2D eigenvalue weighted by atomic mass is 10.1. The number of carbonyl (C=O) groups is 2. The second kappa shape index (κ2) is 7.86. The Kier molecular flexibility index (Phi) is 5.25. The molecular weight excluding hydrogens is 410 g/mol. The van der Waals surface area contributed by atoms with Gasteiger partial charge in [-0.25, -0.2) is 8.42 Å². The number of amides is 2. The molecule has 158 valence electrons. The zero-order valence-electron chi connectivity index (χ0n) is 16.3. The molecule has 1 fully saturated rings. The molecule has 2 heterocycles. The third-order valence-corrected chi connectivity index (χ3v) is 6.82. The number of rotatable bonds is 4. The molecule has 30 heavy (non-hydrogen) atoms. The van der Waals surface area contributed by atoms with Gasteiger partial charge < -0.3 is 20.1 Å². The molecule has 0 radical (unpaired) electrons. The molecule has 0 aromatic heterocycles. The van der Waals surface area contributed by atoms with Crippen molar-refractivity contribution in [1.29, 1.82) is 0 Å². The highest BCUT2D eigenvalue weighted by Gasteiger charge is 2.29. The largest absolute Gasteiger partial charge is 0.454 e. The molecule has 2 aliphatic rings. The summed E-state index contributed by atoms with van der Waals surface area (Å²) in [6.07, 6.45) is 0.556. The standard InChI is InChI=1S/C20H21N3O6S/c1-13-3-5-15(23-7-2-8-30(23,26)27)10-16(13)22-20(25)19(24)21-11-14-4-6-17-18(9-14)29-12-28-17/h3-6,9-10H,2,7-8,11-12H2,1H3,(H,21,24)(H,22,25). The van der Waals surface area contributed by atoms with E-state index in [1.165, 1.54) is 4.31 Å². The van der Waals surface area contributed by atoms with Crippen LogP contribution in [0.4, 0.5) is 11.4 Å². The van der Waals surface area contributed by atoms with Crippen molar-refractivity contribution in [3.8, 4) is 11.5 Å². The number of aryl methyl sites for hydroxylation is 1. The summed E-state index contributed by atoms with van der Waals surface area (Å²) in [6.45, 7) is 2.47. The van der Waals surface area contributed by atoms with Crippen LogP contribution in [0.2, 0.25) is 0 Å². The van der Waals surface area contributed by atoms with E-state index in [-0.39, 0.29) is 19.1 Å². The average Bonchev–Trinajstić information content (AvgIpc) is 3.32. The number of nitrogens with zero attached hydrogens (tertiary/aromatic N) is 1. The molecule has 0 atom stereocenters. The normalized spacial score (nSPS) is 16.4. The fraction of sp³-hybridized carbons (Fsp3) is 0.300. The number of anilines is 2. The maximum absolute atomic E-state index is 12.3. The summed E-state index contributed by atoms with van der Waals surface area (Å²) in [7, 11) is -3.34. The number of sulfonamides is 1. The number of carbonyl (C=O) groups excluding carboxylic acids is 2. The Morgan fingerprint density at radius 2 is 1.87 bits per heavy atom. The molecule has 0 saturated carbocycles. The first-order valence-electron chi connectivity index (χ1n) is 9.42. The van der Waals surface area contributed by atoms with Gasteiger partial charge in [0.05, 0.1) is 11.4 Å². The van der Waals surface area contributed by atoms with Gasteiger partial charge in [-0.3, -0.25) is 13.9 Å². The Morgan fingerprint density at radius 3 is 2.63 bits per heavy atom. The van der Waals surface area contributed by atoms with Crippen LogP contribution >= 0.6 is 0 Å². The summed E-state index contributed by atoms with van der Waals surface area (Å²) in [5, 5.41) is 5.12. The molecule has 2 aromatic rings. The topological polar surface area (TPSA) is 114 Å². The highest BCUT2D eigenvalue weighted by Crippen LogP contribution is 2.32. The minimum absolute atomic E-state index is 0.102. The molecule has 0 aliphatic carbocycles. The summed E-state index contributed by atoms with van der Waals surface area (Å²) in [5.41, 5.74) is 2.33. The predicted molar refractivity (Wildman–Crippen MR) is 110 cm³/mol. The van der Waals surface area contributed by atoms with Crippen molar-refractivity contribution < 1.29 is 27.5 Å². The molecule has 0 spiro atoms. The first-order chi connectivity index (χ1) is 14.3. The summed E-state index contributed by atoms with van der Waals surface area (Å²) >= 11 is 0. The van der Waals surface area contributed by atoms with Crippen molar-refractivity contribution in [3.05, 3.63) is 47.5 Å². The highest BCUT2D eigenvalue weighted by atomic mass is 32.2. The maximum atomic E-state index is 12.3. The van der Waals surface area contributed by atoms with Crippen LogP contribution in [-0.2, 0) is 26.2 Å². The van der Waals surface area contributed by atoms with E-state index in [1.54, 1.807) is 43.3 Å². The number of hydrogen-bond donors (Lipinski definition) is 2. The molecule has 2 aromatic carbocycles. The predicted octanol–water partition coefficient (Wildman–Crippen LogP) is 1.52. The smallest absolute Gasteiger partial charge is 0.313 e. The second-order valence-corrected chi connectivity index (χ2v) is 9.08. The Hall–Kier alpha value is -3.27. The molecule has 1 saturated heterocycles. The Balaban J connectivity index is 1.40. The Morgan fingerprint density at radius 1 is 1.07 bits per heavy atom. The Labute approximate surface area is 174 Å².